The zero-order valence-corrected chi connectivity index (χ0v) is 15.9. The summed E-state index contributed by atoms with van der Waals surface area (Å²) in [6, 6.07) is 0.707. The van der Waals surface area contributed by atoms with Gasteiger partial charge < -0.3 is 15.5 Å². The summed E-state index contributed by atoms with van der Waals surface area (Å²) in [4.78, 5) is 6.77. The highest BCUT2D eigenvalue weighted by Gasteiger charge is 2.27. The van der Waals surface area contributed by atoms with Gasteiger partial charge in [0.15, 0.2) is 5.96 Å². The molecule has 0 aromatic heterocycles. The molecule has 8 heteroatoms. The zero-order valence-electron chi connectivity index (χ0n) is 15.1. The van der Waals surface area contributed by atoms with Crippen molar-refractivity contribution < 1.29 is 8.42 Å². The van der Waals surface area contributed by atoms with Gasteiger partial charge in [-0.25, -0.2) is 12.7 Å². The van der Waals surface area contributed by atoms with E-state index in [2.05, 4.69) is 27.4 Å². The average Bonchev–Trinajstić information content (AvgIpc) is 2.90. The van der Waals surface area contributed by atoms with E-state index in [-0.39, 0.29) is 5.75 Å². The summed E-state index contributed by atoms with van der Waals surface area (Å²) >= 11 is 0. The van der Waals surface area contributed by atoms with Crippen LogP contribution in [0.4, 0.5) is 0 Å². The number of likely N-dealkylation sites (tertiary alicyclic amines) is 1. The number of hydrogen-bond acceptors (Lipinski definition) is 4. The van der Waals surface area contributed by atoms with Crippen LogP contribution < -0.4 is 10.6 Å². The number of aliphatic imine (C=N–C) groups is 1. The maximum atomic E-state index is 11.7. The van der Waals surface area contributed by atoms with Crippen LogP contribution in [-0.2, 0) is 10.0 Å². The fourth-order valence-corrected chi connectivity index (χ4v) is 4.97. The summed E-state index contributed by atoms with van der Waals surface area (Å²) in [5.74, 6) is 1.04. The molecule has 0 amide bonds. The van der Waals surface area contributed by atoms with Crippen molar-refractivity contribution in [3.63, 3.8) is 0 Å². The number of guanidine groups is 1. The summed E-state index contributed by atoms with van der Waals surface area (Å²) in [7, 11) is -1.26. The van der Waals surface area contributed by atoms with Crippen molar-refractivity contribution in [2.24, 2.45) is 4.99 Å². The molecule has 0 bridgehead atoms. The van der Waals surface area contributed by atoms with Crippen molar-refractivity contribution in [2.45, 2.75) is 45.1 Å². The Balaban J connectivity index is 1.59. The first kappa shape index (κ1) is 19.5. The molecule has 2 aliphatic heterocycles. The Morgan fingerprint density at radius 2 is 1.92 bits per heavy atom. The minimum atomic E-state index is -3.00. The molecule has 0 aromatic carbocycles. The standard InChI is InChI=1S/C16H33N5O2S/c1-15-7-3-4-10-20(15)11-5-8-18-16(17-2)19-9-13-21-12-6-14-24(21,22)23/h15H,3-14H2,1-2H3,(H2,17,18,19). The molecule has 0 radical (unpaired) electrons. The molecule has 2 aliphatic rings. The highest BCUT2D eigenvalue weighted by atomic mass is 32.2. The van der Waals surface area contributed by atoms with Gasteiger partial charge in [0.2, 0.25) is 10.0 Å². The highest BCUT2D eigenvalue weighted by Crippen LogP contribution is 2.16. The molecule has 140 valence electrons. The van der Waals surface area contributed by atoms with E-state index in [0.29, 0.717) is 25.7 Å². The van der Waals surface area contributed by atoms with Crippen molar-refractivity contribution in [1.29, 1.82) is 0 Å². The first-order chi connectivity index (χ1) is 11.5. The van der Waals surface area contributed by atoms with E-state index < -0.39 is 10.0 Å². The van der Waals surface area contributed by atoms with Gasteiger partial charge in [0.25, 0.3) is 0 Å². The molecular weight excluding hydrogens is 326 g/mol. The summed E-state index contributed by atoms with van der Waals surface area (Å²) in [6.45, 7) is 7.28. The molecule has 7 nitrogen and oxygen atoms in total. The molecule has 1 unspecified atom stereocenters. The van der Waals surface area contributed by atoms with Gasteiger partial charge in [-0.2, -0.15) is 0 Å². The van der Waals surface area contributed by atoms with Gasteiger partial charge in [-0.3, -0.25) is 4.99 Å². The Labute approximate surface area is 146 Å². The summed E-state index contributed by atoms with van der Waals surface area (Å²) < 4.78 is 25.0. The number of nitrogens with one attached hydrogen (secondary N) is 2. The maximum absolute atomic E-state index is 11.7. The molecule has 0 saturated carbocycles. The maximum Gasteiger partial charge on any atom is 0.214 e. The number of rotatable bonds is 7. The van der Waals surface area contributed by atoms with E-state index in [1.807, 2.05) is 0 Å². The summed E-state index contributed by atoms with van der Waals surface area (Å²) in [5, 5.41) is 6.51. The molecule has 24 heavy (non-hydrogen) atoms. The largest absolute Gasteiger partial charge is 0.356 e. The van der Waals surface area contributed by atoms with E-state index in [1.165, 1.54) is 25.8 Å². The van der Waals surface area contributed by atoms with Crippen LogP contribution in [0.1, 0.15) is 39.0 Å². The Morgan fingerprint density at radius 3 is 2.58 bits per heavy atom. The smallest absolute Gasteiger partial charge is 0.214 e. The number of nitrogens with zero attached hydrogens (tertiary/aromatic N) is 3. The van der Waals surface area contributed by atoms with Crippen LogP contribution in [0, 0.1) is 0 Å². The topological polar surface area (TPSA) is 77.0 Å². The Morgan fingerprint density at radius 1 is 1.12 bits per heavy atom. The molecular formula is C16H33N5O2S. The lowest BCUT2D eigenvalue weighted by molar-refractivity contribution is 0.159. The van der Waals surface area contributed by atoms with E-state index in [4.69, 9.17) is 0 Å². The van der Waals surface area contributed by atoms with Crippen molar-refractivity contribution >= 4 is 16.0 Å². The van der Waals surface area contributed by atoms with Crippen LogP contribution in [0.3, 0.4) is 0 Å². The molecule has 2 heterocycles. The van der Waals surface area contributed by atoms with Crippen molar-refractivity contribution in [1.82, 2.24) is 19.8 Å². The zero-order chi connectivity index (χ0) is 17.4. The fraction of sp³-hybridized carbons (Fsp3) is 0.938. The van der Waals surface area contributed by atoms with Crippen LogP contribution in [0.15, 0.2) is 4.99 Å². The Kier molecular flexibility index (Phi) is 7.77. The third-order valence-electron chi connectivity index (χ3n) is 4.94. The summed E-state index contributed by atoms with van der Waals surface area (Å²) in [5.41, 5.74) is 0. The lowest BCUT2D eigenvalue weighted by Crippen LogP contribution is -2.43. The van der Waals surface area contributed by atoms with E-state index in [0.717, 1.165) is 31.9 Å². The third kappa shape index (κ3) is 5.89. The van der Waals surface area contributed by atoms with Gasteiger partial charge in [-0.05, 0) is 39.2 Å². The lowest BCUT2D eigenvalue weighted by atomic mass is 10.0. The minimum Gasteiger partial charge on any atom is -0.356 e. The van der Waals surface area contributed by atoms with Gasteiger partial charge in [0, 0.05) is 45.8 Å². The molecule has 0 aromatic rings. The monoisotopic (exact) mass is 359 g/mol. The molecule has 1 atom stereocenters. The number of hydrogen-bond donors (Lipinski definition) is 2. The van der Waals surface area contributed by atoms with Gasteiger partial charge >= 0.3 is 0 Å². The van der Waals surface area contributed by atoms with E-state index in [9.17, 15) is 8.42 Å². The van der Waals surface area contributed by atoms with Gasteiger partial charge in [-0.15, -0.1) is 0 Å². The SMILES string of the molecule is CN=C(NCCCN1CCCCC1C)NCCN1CCCS1(=O)=O. The Hall–Kier alpha value is -0.860. The van der Waals surface area contributed by atoms with E-state index >= 15 is 0 Å². The molecule has 0 spiro atoms. The lowest BCUT2D eigenvalue weighted by Gasteiger charge is -2.33. The van der Waals surface area contributed by atoms with Crippen LogP contribution in [0.25, 0.3) is 0 Å². The highest BCUT2D eigenvalue weighted by molar-refractivity contribution is 7.89. The summed E-state index contributed by atoms with van der Waals surface area (Å²) in [6.07, 6.45) is 5.82. The molecule has 2 rings (SSSR count). The van der Waals surface area contributed by atoms with Crippen LogP contribution in [0.2, 0.25) is 0 Å². The van der Waals surface area contributed by atoms with Crippen LogP contribution in [-0.4, -0.2) is 81.7 Å². The first-order valence-corrected chi connectivity index (χ1v) is 10.8. The second-order valence-electron chi connectivity index (χ2n) is 6.73. The van der Waals surface area contributed by atoms with Crippen molar-refractivity contribution in [3.8, 4) is 0 Å². The van der Waals surface area contributed by atoms with Gasteiger partial charge in [-0.1, -0.05) is 6.42 Å². The van der Waals surface area contributed by atoms with Gasteiger partial charge in [0.1, 0.15) is 0 Å². The minimum absolute atomic E-state index is 0.287. The fourth-order valence-electron chi connectivity index (χ4n) is 3.44. The molecule has 2 N–H and O–H groups in total. The van der Waals surface area contributed by atoms with E-state index in [1.54, 1.807) is 11.4 Å². The predicted octanol–water partition coefficient (Wildman–Crippen LogP) is 0.451. The molecule has 0 aliphatic carbocycles. The third-order valence-corrected chi connectivity index (χ3v) is 6.89. The van der Waals surface area contributed by atoms with Crippen LogP contribution in [0.5, 0.6) is 0 Å². The second kappa shape index (κ2) is 9.58. The number of piperidine rings is 1. The normalized spacial score (nSPS) is 25.8. The van der Waals surface area contributed by atoms with Crippen molar-refractivity contribution in [3.05, 3.63) is 0 Å². The molecule has 2 saturated heterocycles. The Bertz CT molecular complexity index is 509. The second-order valence-corrected chi connectivity index (χ2v) is 8.82. The van der Waals surface area contributed by atoms with Gasteiger partial charge in [0.05, 0.1) is 5.75 Å². The predicted molar refractivity (Wildman–Crippen MR) is 98.8 cm³/mol. The first-order valence-electron chi connectivity index (χ1n) is 9.19. The average molecular weight is 360 g/mol. The quantitative estimate of drug-likeness (QED) is 0.392. The number of sulfonamides is 1. The van der Waals surface area contributed by atoms with Crippen molar-refractivity contribution in [2.75, 3.05) is 52.1 Å². The molecule has 2 fully saturated rings. The van der Waals surface area contributed by atoms with Crippen LogP contribution >= 0.6 is 0 Å².